The Morgan fingerprint density at radius 3 is 1.76 bits per heavy atom. The predicted octanol–water partition coefficient (Wildman–Crippen LogP) is 4.28. The molecule has 0 bridgehead atoms. The van der Waals surface area contributed by atoms with Crippen LogP contribution in [0.4, 0.5) is 35.1 Å². The van der Waals surface area contributed by atoms with Gasteiger partial charge in [0, 0.05) is 12.8 Å². The summed E-state index contributed by atoms with van der Waals surface area (Å²) in [5, 5.41) is 0. The van der Waals surface area contributed by atoms with Crippen LogP contribution in [0.15, 0.2) is 0 Å². The molecule has 0 N–H and O–H groups in total. The minimum absolute atomic E-state index is 0.443. The molecule has 0 aliphatic rings. The van der Waals surface area contributed by atoms with Gasteiger partial charge in [0.15, 0.2) is 6.61 Å². The Labute approximate surface area is 115 Å². The Bertz CT molecular complexity index is 362. The van der Waals surface area contributed by atoms with E-state index >= 15 is 0 Å². The number of halogens is 8. The van der Waals surface area contributed by atoms with Gasteiger partial charge in [-0.1, -0.05) is 6.92 Å². The molecular weight excluding hydrogens is 316 g/mol. The van der Waals surface area contributed by atoms with Gasteiger partial charge in [0.05, 0.1) is 0 Å². The van der Waals surface area contributed by atoms with Crippen LogP contribution in [0.2, 0.25) is 0 Å². The molecule has 0 heterocycles. The highest BCUT2D eigenvalue weighted by Gasteiger charge is 2.58. The zero-order valence-corrected chi connectivity index (χ0v) is 11.2. The fraction of sp³-hybridized carbons (Fsp3) is 0.909. The third kappa shape index (κ3) is 6.04. The van der Waals surface area contributed by atoms with E-state index in [1.807, 2.05) is 0 Å². The van der Waals surface area contributed by atoms with Crippen molar-refractivity contribution in [3.05, 3.63) is 0 Å². The van der Waals surface area contributed by atoms with Crippen LogP contribution in [0.25, 0.3) is 0 Å². The summed E-state index contributed by atoms with van der Waals surface area (Å²) in [5.41, 5.74) is -2.64. The number of rotatable bonds is 7. The van der Waals surface area contributed by atoms with Crippen LogP contribution in [-0.2, 0) is 9.53 Å². The maximum absolute atomic E-state index is 13.3. The summed E-state index contributed by atoms with van der Waals surface area (Å²) in [4.78, 5) is 11.0. The number of esters is 1. The van der Waals surface area contributed by atoms with Crippen LogP contribution in [0.5, 0.6) is 0 Å². The highest BCUT2D eigenvalue weighted by molar-refractivity contribution is 5.78. The van der Waals surface area contributed by atoms with Gasteiger partial charge in [-0.3, -0.25) is 0 Å². The fourth-order valence-corrected chi connectivity index (χ4v) is 1.04. The third-order valence-corrected chi connectivity index (χ3v) is 2.73. The first-order valence-electron chi connectivity index (χ1n) is 5.83. The van der Waals surface area contributed by atoms with Gasteiger partial charge in [-0.2, -0.15) is 30.7 Å². The van der Waals surface area contributed by atoms with E-state index in [0.717, 1.165) is 0 Å². The quantitative estimate of drug-likeness (QED) is 0.514. The van der Waals surface area contributed by atoms with Gasteiger partial charge in [-0.25, -0.2) is 9.18 Å². The molecule has 0 aromatic carbocycles. The predicted molar refractivity (Wildman–Crippen MR) is 55.9 cm³/mol. The van der Waals surface area contributed by atoms with E-state index in [-0.39, 0.29) is 0 Å². The first kappa shape index (κ1) is 19.9. The average molecular weight is 330 g/mol. The van der Waals surface area contributed by atoms with Gasteiger partial charge in [-0.05, 0) is 13.3 Å². The molecule has 0 radical (unpaired) electrons. The third-order valence-electron chi connectivity index (χ3n) is 2.73. The molecule has 0 aromatic heterocycles. The van der Waals surface area contributed by atoms with Gasteiger partial charge >= 0.3 is 24.0 Å². The van der Waals surface area contributed by atoms with Gasteiger partial charge in [0.25, 0.3) is 0 Å². The molecule has 0 saturated heterocycles. The fourth-order valence-electron chi connectivity index (χ4n) is 1.04. The maximum Gasteiger partial charge on any atom is 0.389 e. The Hall–Kier alpha value is -1.09. The van der Waals surface area contributed by atoms with E-state index in [1.54, 1.807) is 0 Å². The lowest BCUT2D eigenvalue weighted by atomic mass is 10.1. The molecule has 21 heavy (non-hydrogen) atoms. The van der Waals surface area contributed by atoms with E-state index < -0.39 is 55.5 Å². The lowest BCUT2D eigenvalue weighted by Gasteiger charge is -2.27. The van der Waals surface area contributed by atoms with Crippen LogP contribution in [0, 0.1) is 0 Å². The first-order chi connectivity index (χ1) is 9.15. The van der Waals surface area contributed by atoms with Crippen molar-refractivity contribution >= 4 is 5.97 Å². The van der Waals surface area contributed by atoms with Crippen molar-refractivity contribution in [1.29, 1.82) is 0 Å². The van der Waals surface area contributed by atoms with E-state index in [9.17, 15) is 39.9 Å². The summed E-state index contributed by atoms with van der Waals surface area (Å²) in [7, 11) is 0. The molecule has 0 aromatic rings. The summed E-state index contributed by atoms with van der Waals surface area (Å²) in [5.74, 6) is -11.9. The Kier molecular flexibility index (Phi) is 6.02. The second kappa shape index (κ2) is 6.35. The van der Waals surface area contributed by atoms with Crippen molar-refractivity contribution < 1.29 is 44.7 Å². The van der Waals surface area contributed by atoms with E-state index in [0.29, 0.717) is 6.92 Å². The topological polar surface area (TPSA) is 26.3 Å². The van der Waals surface area contributed by atoms with Gasteiger partial charge in [-0.15, -0.1) is 0 Å². The number of hydrogen-bond donors (Lipinski definition) is 0. The molecule has 0 spiro atoms. The number of hydrogen-bond acceptors (Lipinski definition) is 2. The average Bonchev–Trinajstić information content (AvgIpc) is 2.32. The molecular formula is C11H14F8O2. The second-order valence-corrected chi connectivity index (χ2v) is 4.65. The molecule has 1 atom stereocenters. The van der Waals surface area contributed by atoms with Crippen LogP contribution in [0.3, 0.4) is 0 Å². The molecule has 1 unspecified atom stereocenters. The second-order valence-electron chi connectivity index (χ2n) is 4.65. The van der Waals surface area contributed by atoms with Crippen molar-refractivity contribution in [2.45, 2.75) is 56.8 Å². The number of carbonyl (C=O) groups excluding carboxylic acids is 1. The van der Waals surface area contributed by atoms with Crippen molar-refractivity contribution in [2.75, 3.05) is 6.61 Å². The summed E-state index contributed by atoms with van der Waals surface area (Å²) in [6.07, 6.45) is -9.77. The minimum Gasteiger partial charge on any atom is -0.457 e. The summed E-state index contributed by atoms with van der Waals surface area (Å²) >= 11 is 0. The number of ether oxygens (including phenoxy) is 1. The zero-order chi connectivity index (χ0) is 17.1. The largest absolute Gasteiger partial charge is 0.457 e. The molecule has 0 aliphatic heterocycles. The minimum atomic E-state index is -5.04. The highest BCUT2D eigenvalue weighted by atomic mass is 19.4. The van der Waals surface area contributed by atoms with E-state index in [4.69, 9.17) is 0 Å². The van der Waals surface area contributed by atoms with Crippen LogP contribution < -0.4 is 0 Å². The smallest absolute Gasteiger partial charge is 0.389 e. The van der Waals surface area contributed by atoms with Gasteiger partial charge in [0.1, 0.15) is 0 Å². The number of alkyl halides is 8. The molecule has 0 saturated carbocycles. The molecule has 10 heteroatoms. The number of carbonyl (C=O) groups is 1. The van der Waals surface area contributed by atoms with Crippen molar-refractivity contribution in [3.63, 3.8) is 0 Å². The Balaban J connectivity index is 4.70. The van der Waals surface area contributed by atoms with Gasteiger partial charge in [0.2, 0.25) is 5.67 Å². The zero-order valence-electron chi connectivity index (χ0n) is 11.2. The Morgan fingerprint density at radius 2 is 1.38 bits per heavy atom. The monoisotopic (exact) mass is 330 g/mol. The van der Waals surface area contributed by atoms with E-state index in [1.165, 1.54) is 6.92 Å². The molecule has 2 nitrogen and oxygen atoms in total. The summed E-state index contributed by atoms with van der Waals surface area (Å²) < 4.78 is 105. The molecule has 0 rings (SSSR count). The molecule has 0 aliphatic carbocycles. The van der Waals surface area contributed by atoms with Crippen LogP contribution in [-0.4, -0.2) is 36.3 Å². The van der Waals surface area contributed by atoms with Crippen LogP contribution >= 0.6 is 0 Å². The molecule has 0 fully saturated rings. The van der Waals surface area contributed by atoms with Crippen molar-refractivity contribution in [3.8, 4) is 0 Å². The molecule has 0 amide bonds. The van der Waals surface area contributed by atoms with Crippen molar-refractivity contribution in [2.24, 2.45) is 0 Å². The van der Waals surface area contributed by atoms with Gasteiger partial charge < -0.3 is 4.74 Å². The van der Waals surface area contributed by atoms with Crippen molar-refractivity contribution in [1.82, 2.24) is 0 Å². The summed E-state index contributed by atoms with van der Waals surface area (Å²) in [6, 6.07) is 0. The first-order valence-corrected chi connectivity index (χ1v) is 5.83. The van der Waals surface area contributed by atoms with Crippen LogP contribution in [0.1, 0.15) is 33.1 Å². The Morgan fingerprint density at radius 1 is 0.905 bits per heavy atom. The summed E-state index contributed by atoms with van der Waals surface area (Å²) in [6.45, 7) is -0.303. The normalized spacial score (nSPS) is 16.5. The highest BCUT2D eigenvalue weighted by Crippen LogP contribution is 2.40. The molecule has 126 valence electrons. The standard InChI is InChI=1S/C11H14F8O2/c1-3-8(2,12)7(20)21-6-10(15,16)9(13,14)4-5-11(17,18)19/h3-6H2,1-2H3. The lowest BCUT2D eigenvalue weighted by Crippen LogP contribution is -2.46. The maximum atomic E-state index is 13.3. The van der Waals surface area contributed by atoms with E-state index in [2.05, 4.69) is 4.74 Å². The lowest BCUT2D eigenvalue weighted by molar-refractivity contribution is -0.246. The SMILES string of the molecule is CCC(C)(F)C(=O)OCC(F)(F)C(F)(F)CCC(F)(F)F.